The summed E-state index contributed by atoms with van der Waals surface area (Å²) in [5.41, 5.74) is 1.38. The third-order valence-corrected chi connectivity index (χ3v) is 4.45. The summed E-state index contributed by atoms with van der Waals surface area (Å²) in [6, 6.07) is 2.30. The molecule has 0 spiro atoms. The third-order valence-electron chi connectivity index (χ3n) is 2.26. The average Bonchev–Trinajstić information content (AvgIpc) is 2.46. The standard InChI is InChI=1S/C11H18BrNS/c1-9-8-10(14-11(9)12)6-4-3-5-7-13-2/h8,13H,3-7H2,1-2H3. The van der Waals surface area contributed by atoms with Crippen molar-refractivity contribution in [2.24, 2.45) is 0 Å². The van der Waals surface area contributed by atoms with E-state index in [1.807, 2.05) is 18.4 Å². The van der Waals surface area contributed by atoms with Crippen LogP contribution in [0.15, 0.2) is 9.85 Å². The van der Waals surface area contributed by atoms with Crippen molar-refractivity contribution in [2.75, 3.05) is 13.6 Å². The first-order chi connectivity index (χ1) is 6.74. The summed E-state index contributed by atoms with van der Waals surface area (Å²) in [4.78, 5) is 1.51. The first-order valence-electron chi connectivity index (χ1n) is 5.13. The molecule has 0 atom stereocenters. The highest BCUT2D eigenvalue weighted by Gasteiger charge is 2.01. The Morgan fingerprint density at radius 3 is 2.71 bits per heavy atom. The van der Waals surface area contributed by atoms with Gasteiger partial charge in [-0.15, -0.1) is 11.3 Å². The summed E-state index contributed by atoms with van der Waals surface area (Å²) in [6.07, 6.45) is 5.17. The Morgan fingerprint density at radius 2 is 2.14 bits per heavy atom. The molecule has 3 heteroatoms. The molecule has 0 unspecified atom stereocenters. The molecule has 0 amide bonds. The van der Waals surface area contributed by atoms with E-state index in [2.05, 4.69) is 34.2 Å². The van der Waals surface area contributed by atoms with Crippen molar-refractivity contribution in [1.82, 2.24) is 5.32 Å². The fourth-order valence-electron chi connectivity index (χ4n) is 1.42. The number of thiophene rings is 1. The lowest BCUT2D eigenvalue weighted by molar-refractivity contribution is 0.644. The van der Waals surface area contributed by atoms with Crippen LogP contribution in [0.4, 0.5) is 0 Å². The summed E-state index contributed by atoms with van der Waals surface area (Å²) in [7, 11) is 2.01. The summed E-state index contributed by atoms with van der Waals surface area (Å²) < 4.78 is 1.29. The average molecular weight is 276 g/mol. The van der Waals surface area contributed by atoms with Crippen LogP contribution in [0.25, 0.3) is 0 Å². The van der Waals surface area contributed by atoms with Crippen LogP contribution in [0.5, 0.6) is 0 Å². The molecule has 0 bridgehead atoms. The molecule has 1 heterocycles. The van der Waals surface area contributed by atoms with E-state index in [1.54, 1.807) is 0 Å². The third kappa shape index (κ3) is 4.11. The molecular formula is C11H18BrNS. The molecule has 0 saturated carbocycles. The van der Waals surface area contributed by atoms with Gasteiger partial charge in [0.15, 0.2) is 0 Å². The second-order valence-corrected chi connectivity index (χ2v) is 6.04. The molecule has 0 aliphatic rings. The zero-order valence-electron chi connectivity index (χ0n) is 8.90. The molecule has 1 aromatic heterocycles. The van der Waals surface area contributed by atoms with E-state index < -0.39 is 0 Å². The van der Waals surface area contributed by atoms with Crippen LogP contribution in [0.1, 0.15) is 29.7 Å². The van der Waals surface area contributed by atoms with Crippen molar-refractivity contribution in [3.8, 4) is 0 Å². The predicted octanol–water partition coefficient (Wildman–Crippen LogP) is 3.75. The van der Waals surface area contributed by atoms with Crippen molar-refractivity contribution in [3.05, 3.63) is 20.3 Å². The van der Waals surface area contributed by atoms with Gasteiger partial charge in [0.05, 0.1) is 3.79 Å². The molecular weight excluding hydrogens is 258 g/mol. The fourth-order valence-corrected chi connectivity index (χ4v) is 3.09. The van der Waals surface area contributed by atoms with E-state index in [1.165, 1.54) is 39.9 Å². The van der Waals surface area contributed by atoms with Crippen molar-refractivity contribution < 1.29 is 0 Å². The lowest BCUT2D eigenvalue weighted by Gasteiger charge is -1.98. The Morgan fingerprint density at radius 1 is 1.36 bits per heavy atom. The quantitative estimate of drug-likeness (QED) is 0.780. The Hall–Kier alpha value is 0.140. The molecule has 80 valence electrons. The van der Waals surface area contributed by atoms with E-state index >= 15 is 0 Å². The normalized spacial score (nSPS) is 10.8. The Labute approximate surface area is 99.0 Å². The first kappa shape index (κ1) is 12.2. The minimum absolute atomic E-state index is 1.15. The SMILES string of the molecule is CNCCCCCc1cc(C)c(Br)s1. The summed E-state index contributed by atoms with van der Waals surface area (Å²) in [6.45, 7) is 3.30. The number of unbranched alkanes of at least 4 members (excludes halogenated alkanes) is 2. The van der Waals surface area contributed by atoms with Gasteiger partial charge in [-0.3, -0.25) is 0 Å². The molecule has 1 nitrogen and oxygen atoms in total. The second kappa shape index (κ2) is 6.59. The molecule has 0 aromatic carbocycles. The summed E-state index contributed by atoms with van der Waals surface area (Å²) >= 11 is 5.44. The zero-order valence-corrected chi connectivity index (χ0v) is 11.3. The van der Waals surface area contributed by atoms with Gasteiger partial charge in [-0.25, -0.2) is 0 Å². The molecule has 1 N–H and O–H groups in total. The van der Waals surface area contributed by atoms with Gasteiger partial charge in [-0.1, -0.05) is 6.42 Å². The fraction of sp³-hybridized carbons (Fsp3) is 0.636. The molecule has 0 aliphatic carbocycles. The number of halogens is 1. The minimum atomic E-state index is 1.15. The highest BCUT2D eigenvalue weighted by atomic mass is 79.9. The lowest BCUT2D eigenvalue weighted by Crippen LogP contribution is -2.06. The van der Waals surface area contributed by atoms with E-state index in [4.69, 9.17) is 0 Å². The maximum atomic E-state index is 3.56. The van der Waals surface area contributed by atoms with Gasteiger partial charge in [0.25, 0.3) is 0 Å². The van der Waals surface area contributed by atoms with E-state index in [9.17, 15) is 0 Å². The summed E-state index contributed by atoms with van der Waals surface area (Å²) in [5.74, 6) is 0. The highest BCUT2D eigenvalue weighted by Crippen LogP contribution is 2.28. The van der Waals surface area contributed by atoms with Crippen LogP contribution in [-0.4, -0.2) is 13.6 Å². The monoisotopic (exact) mass is 275 g/mol. The van der Waals surface area contributed by atoms with Crippen LogP contribution < -0.4 is 5.32 Å². The molecule has 14 heavy (non-hydrogen) atoms. The topological polar surface area (TPSA) is 12.0 Å². The largest absolute Gasteiger partial charge is 0.320 e. The number of nitrogens with one attached hydrogen (secondary N) is 1. The number of rotatable bonds is 6. The molecule has 0 fully saturated rings. The number of aryl methyl sites for hydroxylation is 2. The highest BCUT2D eigenvalue weighted by molar-refractivity contribution is 9.11. The smallest absolute Gasteiger partial charge is 0.0730 e. The van der Waals surface area contributed by atoms with Crippen LogP contribution in [0.2, 0.25) is 0 Å². The van der Waals surface area contributed by atoms with Crippen molar-refractivity contribution in [2.45, 2.75) is 32.6 Å². The molecule has 0 aliphatic heterocycles. The van der Waals surface area contributed by atoms with Crippen LogP contribution in [-0.2, 0) is 6.42 Å². The van der Waals surface area contributed by atoms with Gasteiger partial charge in [-0.05, 0) is 67.3 Å². The van der Waals surface area contributed by atoms with E-state index in [-0.39, 0.29) is 0 Å². The summed E-state index contributed by atoms with van der Waals surface area (Å²) in [5, 5.41) is 3.17. The second-order valence-electron chi connectivity index (χ2n) is 3.58. The van der Waals surface area contributed by atoms with Gasteiger partial charge in [0.1, 0.15) is 0 Å². The Bertz CT molecular complexity index is 251. The maximum Gasteiger partial charge on any atom is 0.0730 e. The van der Waals surface area contributed by atoms with Crippen molar-refractivity contribution in [3.63, 3.8) is 0 Å². The van der Waals surface area contributed by atoms with Crippen molar-refractivity contribution >= 4 is 27.3 Å². The Balaban J connectivity index is 2.18. The molecule has 1 rings (SSSR count). The van der Waals surface area contributed by atoms with Gasteiger partial charge < -0.3 is 5.32 Å². The number of hydrogen-bond acceptors (Lipinski definition) is 2. The van der Waals surface area contributed by atoms with Crippen LogP contribution in [0, 0.1) is 6.92 Å². The molecule has 0 saturated heterocycles. The van der Waals surface area contributed by atoms with Crippen LogP contribution in [0.3, 0.4) is 0 Å². The van der Waals surface area contributed by atoms with Crippen LogP contribution >= 0.6 is 27.3 Å². The van der Waals surface area contributed by atoms with Gasteiger partial charge >= 0.3 is 0 Å². The Kier molecular flexibility index (Phi) is 5.75. The van der Waals surface area contributed by atoms with E-state index in [0.717, 1.165) is 6.54 Å². The molecule has 1 aromatic rings. The first-order valence-corrected chi connectivity index (χ1v) is 6.74. The van der Waals surface area contributed by atoms with Gasteiger partial charge in [0.2, 0.25) is 0 Å². The zero-order chi connectivity index (χ0) is 10.4. The number of hydrogen-bond donors (Lipinski definition) is 1. The van der Waals surface area contributed by atoms with Gasteiger partial charge in [-0.2, -0.15) is 0 Å². The predicted molar refractivity (Wildman–Crippen MR) is 68.2 cm³/mol. The van der Waals surface area contributed by atoms with E-state index in [0.29, 0.717) is 0 Å². The minimum Gasteiger partial charge on any atom is -0.320 e. The lowest BCUT2D eigenvalue weighted by atomic mass is 10.1. The molecule has 0 radical (unpaired) electrons. The van der Waals surface area contributed by atoms with Gasteiger partial charge in [0, 0.05) is 4.88 Å². The maximum absolute atomic E-state index is 3.56. The van der Waals surface area contributed by atoms with Crippen molar-refractivity contribution in [1.29, 1.82) is 0 Å².